The molecule has 0 aromatic heterocycles. The third-order valence-corrected chi connectivity index (χ3v) is 2.70. The van der Waals surface area contributed by atoms with Gasteiger partial charge in [-0.25, -0.2) is 0 Å². The Balaban J connectivity index is 2.49. The summed E-state index contributed by atoms with van der Waals surface area (Å²) >= 11 is 0. The van der Waals surface area contributed by atoms with Crippen molar-refractivity contribution in [3.05, 3.63) is 29.8 Å². The summed E-state index contributed by atoms with van der Waals surface area (Å²) in [7, 11) is 0. The standard InChI is InChI=1S/C15H24N2O/c1-12(18)17-14-8-6-5-7-13(14)11-16-10-9-15(2,3)4/h5-8,16H,9-11H2,1-4H3,(H,17,18). The summed E-state index contributed by atoms with van der Waals surface area (Å²) in [6.07, 6.45) is 1.13. The first-order chi connectivity index (χ1) is 8.38. The monoisotopic (exact) mass is 248 g/mol. The van der Waals surface area contributed by atoms with Crippen LogP contribution in [0.2, 0.25) is 0 Å². The highest BCUT2D eigenvalue weighted by Crippen LogP contribution is 2.18. The molecule has 1 aromatic rings. The van der Waals surface area contributed by atoms with Crippen molar-refractivity contribution >= 4 is 11.6 Å². The van der Waals surface area contributed by atoms with Gasteiger partial charge in [0.2, 0.25) is 5.91 Å². The average Bonchev–Trinajstić information content (AvgIpc) is 2.24. The largest absolute Gasteiger partial charge is 0.326 e. The molecule has 3 nitrogen and oxygen atoms in total. The van der Waals surface area contributed by atoms with Gasteiger partial charge in [-0.3, -0.25) is 4.79 Å². The molecule has 1 rings (SSSR count). The molecule has 100 valence electrons. The molecule has 1 aromatic carbocycles. The summed E-state index contributed by atoms with van der Waals surface area (Å²) in [5, 5.41) is 6.27. The quantitative estimate of drug-likeness (QED) is 0.786. The maximum atomic E-state index is 11.1. The van der Waals surface area contributed by atoms with E-state index in [1.165, 1.54) is 6.92 Å². The van der Waals surface area contributed by atoms with Crippen LogP contribution < -0.4 is 10.6 Å². The van der Waals surface area contributed by atoms with Crippen LogP contribution in [0.3, 0.4) is 0 Å². The summed E-state index contributed by atoms with van der Waals surface area (Å²) in [6.45, 7) is 10.0. The van der Waals surface area contributed by atoms with Gasteiger partial charge >= 0.3 is 0 Å². The lowest BCUT2D eigenvalue weighted by Crippen LogP contribution is -2.21. The molecule has 0 aliphatic rings. The Hall–Kier alpha value is -1.35. The molecule has 0 heterocycles. The van der Waals surface area contributed by atoms with E-state index in [9.17, 15) is 4.79 Å². The fourth-order valence-corrected chi connectivity index (χ4v) is 1.67. The highest BCUT2D eigenvalue weighted by Gasteiger charge is 2.09. The Morgan fingerprint density at radius 3 is 2.50 bits per heavy atom. The van der Waals surface area contributed by atoms with E-state index in [4.69, 9.17) is 0 Å². The first-order valence-electron chi connectivity index (χ1n) is 6.45. The summed E-state index contributed by atoms with van der Waals surface area (Å²) in [6, 6.07) is 7.90. The lowest BCUT2D eigenvalue weighted by atomic mass is 9.92. The normalized spacial score (nSPS) is 11.3. The van der Waals surface area contributed by atoms with Crippen LogP contribution in [-0.2, 0) is 11.3 Å². The minimum absolute atomic E-state index is 0.0304. The fourth-order valence-electron chi connectivity index (χ4n) is 1.67. The van der Waals surface area contributed by atoms with Crippen LogP contribution in [0.4, 0.5) is 5.69 Å². The van der Waals surface area contributed by atoms with Gasteiger partial charge < -0.3 is 10.6 Å². The Morgan fingerprint density at radius 2 is 1.89 bits per heavy atom. The van der Waals surface area contributed by atoms with Crippen molar-refractivity contribution in [2.45, 2.75) is 40.7 Å². The summed E-state index contributed by atoms with van der Waals surface area (Å²) in [4.78, 5) is 11.1. The molecule has 0 saturated carbocycles. The molecule has 18 heavy (non-hydrogen) atoms. The molecule has 0 atom stereocenters. The van der Waals surface area contributed by atoms with Gasteiger partial charge in [-0.1, -0.05) is 39.0 Å². The second-order valence-corrected chi connectivity index (χ2v) is 5.83. The molecule has 2 N–H and O–H groups in total. The molecule has 0 saturated heterocycles. The molecule has 0 fully saturated rings. The molecule has 0 aliphatic heterocycles. The molecular formula is C15H24N2O. The lowest BCUT2D eigenvalue weighted by molar-refractivity contribution is -0.114. The average molecular weight is 248 g/mol. The Kier molecular flexibility index (Phi) is 5.35. The highest BCUT2D eigenvalue weighted by atomic mass is 16.1. The number of hydrogen-bond acceptors (Lipinski definition) is 2. The van der Waals surface area contributed by atoms with Crippen molar-refractivity contribution < 1.29 is 4.79 Å². The van der Waals surface area contributed by atoms with Crippen LogP contribution in [0.15, 0.2) is 24.3 Å². The predicted molar refractivity (Wildman–Crippen MR) is 76.5 cm³/mol. The second kappa shape index (κ2) is 6.55. The number of carbonyl (C=O) groups excluding carboxylic acids is 1. The maximum Gasteiger partial charge on any atom is 0.221 e. The van der Waals surface area contributed by atoms with E-state index in [-0.39, 0.29) is 5.91 Å². The zero-order valence-electron chi connectivity index (χ0n) is 11.8. The van der Waals surface area contributed by atoms with Crippen molar-refractivity contribution in [1.82, 2.24) is 5.32 Å². The number of rotatable bonds is 5. The van der Waals surface area contributed by atoms with Crippen molar-refractivity contribution in [2.75, 3.05) is 11.9 Å². The number of nitrogens with one attached hydrogen (secondary N) is 2. The van der Waals surface area contributed by atoms with Crippen LogP contribution in [0.1, 0.15) is 39.7 Å². The zero-order valence-corrected chi connectivity index (χ0v) is 11.8. The molecular weight excluding hydrogens is 224 g/mol. The number of benzene rings is 1. The Labute approximate surface area is 110 Å². The summed E-state index contributed by atoms with van der Waals surface area (Å²) in [5.74, 6) is -0.0304. The molecule has 0 radical (unpaired) electrons. The van der Waals surface area contributed by atoms with E-state index >= 15 is 0 Å². The van der Waals surface area contributed by atoms with Crippen LogP contribution >= 0.6 is 0 Å². The van der Waals surface area contributed by atoms with Crippen LogP contribution in [0.5, 0.6) is 0 Å². The van der Waals surface area contributed by atoms with Gasteiger partial charge in [-0.05, 0) is 30.0 Å². The van der Waals surface area contributed by atoms with Gasteiger partial charge in [0, 0.05) is 19.2 Å². The number of anilines is 1. The lowest BCUT2D eigenvalue weighted by Gasteiger charge is -2.18. The molecule has 3 heteroatoms. The smallest absolute Gasteiger partial charge is 0.221 e. The Bertz CT molecular complexity index is 394. The second-order valence-electron chi connectivity index (χ2n) is 5.83. The van der Waals surface area contributed by atoms with Gasteiger partial charge in [-0.2, -0.15) is 0 Å². The number of para-hydroxylation sites is 1. The van der Waals surface area contributed by atoms with Crippen molar-refractivity contribution in [3.8, 4) is 0 Å². The molecule has 0 bridgehead atoms. The summed E-state index contributed by atoms with van der Waals surface area (Å²) in [5.41, 5.74) is 2.37. The fraction of sp³-hybridized carbons (Fsp3) is 0.533. The van der Waals surface area contributed by atoms with Crippen LogP contribution in [0.25, 0.3) is 0 Å². The van der Waals surface area contributed by atoms with Crippen LogP contribution in [0, 0.1) is 5.41 Å². The summed E-state index contributed by atoms with van der Waals surface area (Å²) < 4.78 is 0. The first kappa shape index (κ1) is 14.7. The van der Waals surface area contributed by atoms with Gasteiger partial charge in [0.1, 0.15) is 0 Å². The van der Waals surface area contributed by atoms with Crippen LogP contribution in [-0.4, -0.2) is 12.5 Å². The number of hydrogen-bond donors (Lipinski definition) is 2. The highest BCUT2D eigenvalue weighted by molar-refractivity contribution is 5.89. The number of amides is 1. The minimum Gasteiger partial charge on any atom is -0.326 e. The molecule has 0 aliphatic carbocycles. The van der Waals surface area contributed by atoms with E-state index in [1.807, 2.05) is 24.3 Å². The van der Waals surface area contributed by atoms with E-state index in [0.29, 0.717) is 5.41 Å². The topological polar surface area (TPSA) is 41.1 Å². The van der Waals surface area contributed by atoms with Crippen molar-refractivity contribution in [2.24, 2.45) is 5.41 Å². The maximum absolute atomic E-state index is 11.1. The Morgan fingerprint density at radius 1 is 1.22 bits per heavy atom. The third-order valence-electron chi connectivity index (χ3n) is 2.70. The minimum atomic E-state index is -0.0304. The molecule has 0 unspecified atom stereocenters. The third kappa shape index (κ3) is 5.82. The SMILES string of the molecule is CC(=O)Nc1ccccc1CNCCC(C)(C)C. The van der Waals surface area contributed by atoms with E-state index in [1.54, 1.807) is 0 Å². The predicted octanol–water partition coefficient (Wildman–Crippen LogP) is 3.17. The zero-order chi connectivity index (χ0) is 13.6. The van der Waals surface area contributed by atoms with Gasteiger partial charge in [0.05, 0.1) is 0 Å². The first-order valence-corrected chi connectivity index (χ1v) is 6.45. The van der Waals surface area contributed by atoms with E-state index in [2.05, 4.69) is 31.4 Å². The molecule has 1 amide bonds. The van der Waals surface area contributed by atoms with Crippen molar-refractivity contribution in [3.63, 3.8) is 0 Å². The van der Waals surface area contributed by atoms with E-state index in [0.717, 1.165) is 30.8 Å². The number of carbonyl (C=O) groups is 1. The van der Waals surface area contributed by atoms with Crippen molar-refractivity contribution in [1.29, 1.82) is 0 Å². The van der Waals surface area contributed by atoms with Gasteiger partial charge in [0.15, 0.2) is 0 Å². The van der Waals surface area contributed by atoms with E-state index < -0.39 is 0 Å². The van der Waals surface area contributed by atoms with Gasteiger partial charge in [-0.15, -0.1) is 0 Å². The van der Waals surface area contributed by atoms with Gasteiger partial charge in [0.25, 0.3) is 0 Å². The molecule has 0 spiro atoms.